The van der Waals surface area contributed by atoms with Crippen LogP contribution in [-0.4, -0.2) is 23.6 Å². The zero-order valence-electron chi connectivity index (χ0n) is 7.29. The van der Waals surface area contributed by atoms with Crippen molar-refractivity contribution in [2.45, 2.75) is 6.17 Å². The van der Waals surface area contributed by atoms with Gasteiger partial charge in [-0.1, -0.05) is 18.2 Å². The molecule has 0 saturated heterocycles. The number of rotatable bonds is 2. The highest BCUT2D eigenvalue weighted by molar-refractivity contribution is 5.94. The molecule has 0 radical (unpaired) electrons. The summed E-state index contributed by atoms with van der Waals surface area (Å²) in [5, 5.41) is 10.4. The standard InChI is InChI=1S/C9H8N2O3/c12-11(13)8-6-14-9(10-8)7-4-2-1-3-5-7/h1-5,8H,6H2. The van der Waals surface area contributed by atoms with Crippen molar-refractivity contribution >= 4 is 5.90 Å². The van der Waals surface area contributed by atoms with E-state index in [1.165, 1.54) is 0 Å². The van der Waals surface area contributed by atoms with Gasteiger partial charge >= 0.3 is 6.17 Å². The van der Waals surface area contributed by atoms with E-state index in [0.29, 0.717) is 5.90 Å². The van der Waals surface area contributed by atoms with E-state index >= 15 is 0 Å². The Balaban J connectivity index is 2.22. The molecular formula is C9H8N2O3. The number of benzene rings is 1. The first kappa shape index (κ1) is 8.68. The third-order valence-corrected chi connectivity index (χ3v) is 1.90. The summed E-state index contributed by atoms with van der Waals surface area (Å²) in [7, 11) is 0. The van der Waals surface area contributed by atoms with E-state index in [4.69, 9.17) is 4.74 Å². The second-order valence-corrected chi connectivity index (χ2v) is 2.88. The van der Waals surface area contributed by atoms with Gasteiger partial charge in [-0.2, -0.15) is 4.99 Å². The van der Waals surface area contributed by atoms with Crippen molar-refractivity contribution in [3.8, 4) is 0 Å². The molecule has 72 valence electrons. The highest BCUT2D eigenvalue weighted by atomic mass is 16.6. The van der Waals surface area contributed by atoms with E-state index in [1.54, 1.807) is 12.1 Å². The number of nitro groups is 1. The lowest BCUT2D eigenvalue weighted by Crippen LogP contribution is -2.17. The predicted molar refractivity (Wildman–Crippen MR) is 49.7 cm³/mol. The van der Waals surface area contributed by atoms with Gasteiger partial charge in [-0.25, -0.2) is 0 Å². The van der Waals surface area contributed by atoms with Gasteiger partial charge in [-0.15, -0.1) is 0 Å². The van der Waals surface area contributed by atoms with E-state index in [-0.39, 0.29) is 6.61 Å². The molecule has 1 aromatic rings. The molecule has 0 amide bonds. The zero-order valence-corrected chi connectivity index (χ0v) is 7.29. The fraction of sp³-hybridized carbons (Fsp3) is 0.222. The molecule has 0 fully saturated rings. The summed E-state index contributed by atoms with van der Waals surface area (Å²) in [6.07, 6.45) is -0.954. The molecule has 1 aliphatic rings. The minimum absolute atomic E-state index is 0.0250. The molecule has 0 aromatic heterocycles. The molecule has 5 heteroatoms. The Morgan fingerprint density at radius 1 is 1.43 bits per heavy atom. The number of nitrogens with zero attached hydrogens (tertiary/aromatic N) is 2. The van der Waals surface area contributed by atoms with Gasteiger partial charge in [0.15, 0.2) is 6.61 Å². The van der Waals surface area contributed by atoms with Crippen LogP contribution in [0.3, 0.4) is 0 Å². The molecule has 1 unspecified atom stereocenters. The lowest BCUT2D eigenvalue weighted by Gasteiger charge is -1.98. The molecule has 14 heavy (non-hydrogen) atoms. The van der Waals surface area contributed by atoms with E-state index in [2.05, 4.69) is 4.99 Å². The predicted octanol–water partition coefficient (Wildman–Crippen LogP) is 1.07. The van der Waals surface area contributed by atoms with E-state index in [0.717, 1.165) is 5.56 Å². The number of hydrogen-bond acceptors (Lipinski definition) is 4. The highest BCUT2D eigenvalue weighted by Gasteiger charge is 2.28. The van der Waals surface area contributed by atoms with E-state index in [1.807, 2.05) is 18.2 Å². The fourth-order valence-corrected chi connectivity index (χ4v) is 1.21. The van der Waals surface area contributed by atoms with Gasteiger partial charge < -0.3 is 4.74 Å². The average molecular weight is 192 g/mol. The Bertz CT molecular complexity index is 375. The normalized spacial score (nSPS) is 20.0. The Hall–Kier alpha value is -1.91. The van der Waals surface area contributed by atoms with E-state index < -0.39 is 11.1 Å². The van der Waals surface area contributed by atoms with Crippen molar-refractivity contribution in [2.75, 3.05) is 6.61 Å². The molecule has 1 heterocycles. The number of ether oxygens (including phenoxy) is 1. The molecule has 5 nitrogen and oxygen atoms in total. The van der Waals surface area contributed by atoms with Gasteiger partial charge in [0.05, 0.1) is 4.92 Å². The van der Waals surface area contributed by atoms with Crippen LogP contribution in [0, 0.1) is 10.1 Å². The third-order valence-electron chi connectivity index (χ3n) is 1.90. The van der Waals surface area contributed by atoms with Gasteiger partial charge in [0.1, 0.15) is 0 Å². The van der Waals surface area contributed by atoms with Crippen molar-refractivity contribution in [1.82, 2.24) is 0 Å². The highest BCUT2D eigenvalue weighted by Crippen LogP contribution is 2.11. The molecule has 1 aromatic carbocycles. The molecule has 2 rings (SSSR count). The van der Waals surface area contributed by atoms with Crippen molar-refractivity contribution in [3.05, 3.63) is 46.0 Å². The molecule has 0 bridgehead atoms. The lowest BCUT2D eigenvalue weighted by atomic mass is 10.2. The van der Waals surface area contributed by atoms with Gasteiger partial charge in [0, 0.05) is 5.56 Å². The first-order chi connectivity index (χ1) is 6.77. The third kappa shape index (κ3) is 1.56. The molecule has 0 spiro atoms. The van der Waals surface area contributed by atoms with Crippen molar-refractivity contribution < 1.29 is 9.66 Å². The van der Waals surface area contributed by atoms with Gasteiger partial charge in [0.25, 0.3) is 0 Å². The largest absolute Gasteiger partial charge is 0.468 e. The van der Waals surface area contributed by atoms with Crippen LogP contribution in [0.4, 0.5) is 0 Å². The van der Waals surface area contributed by atoms with Crippen LogP contribution in [0.5, 0.6) is 0 Å². The monoisotopic (exact) mass is 192 g/mol. The lowest BCUT2D eigenvalue weighted by molar-refractivity contribution is -0.519. The maximum Gasteiger partial charge on any atom is 0.340 e. The Morgan fingerprint density at radius 2 is 2.14 bits per heavy atom. The smallest absolute Gasteiger partial charge is 0.340 e. The summed E-state index contributed by atoms with van der Waals surface area (Å²) in [6, 6.07) is 9.15. The SMILES string of the molecule is O=[N+]([O-])C1COC(c2ccccc2)=N1. The fourth-order valence-electron chi connectivity index (χ4n) is 1.21. The van der Waals surface area contributed by atoms with Gasteiger partial charge in [0.2, 0.25) is 5.90 Å². The summed E-state index contributed by atoms with van der Waals surface area (Å²) in [5.74, 6) is 0.354. The summed E-state index contributed by atoms with van der Waals surface area (Å²) < 4.78 is 5.12. The van der Waals surface area contributed by atoms with Crippen LogP contribution in [-0.2, 0) is 4.74 Å². The molecule has 1 aliphatic heterocycles. The minimum atomic E-state index is -0.954. The van der Waals surface area contributed by atoms with Crippen molar-refractivity contribution in [2.24, 2.45) is 4.99 Å². The molecular weight excluding hydrogens is 184 g/mol. The topological polar surface area (TPSA) is 64.7 Å². The number of hydrogen-bond donors (Lipinski definition) is 0. The molecule has 1 atom stereocenters. The van der Waals surface area contributed by atoms with E-state index in [9.17, 15) is 10.1 Å². The first-order valence-electron chi connectivity index (χ1n) is 4.17. The number of aliphatic imine (C=N–C) groups is 1. The first-order valence-corrected chi connectivity index (χ1v) is 4.17. The Kier molecular flexibility index (Phi) is 2.14. The van der Waals surface area contributed by atoms with Crippen molar-refractivity contribution in [3.63, 3.8) is 0 Å². The summed E-state index contributed by atoms with van der Waals surface area (Å²) in [6.45, 7) is 0.0250. The maximum atomic E-state index is 10.4. The quantitative estimate of drug-likeness (QED) is 0.520. The maximum absolute atomic E-state index is 10.4. The summed E-state index contributed by atoms with van der Waals surface area (Å²) >= 11 is 0. The summed E-state index contributed by atoms with van der Waals surface area (Å²) in [4.78, 5) is 13.8. The Labute approximate surface area is 80.2 Å². The molecule has 0 N–H and O–H groups in total. The van der Waals surface area contributed by atoms with Crippen LogP contribution in [0.15, 0.2) is 35.3 Å². The minimum Gasteiger partial charge on any atom is -0.468 e. The molecule has 0 aliphatic carbocycles. The van der Waals surface area contributed by atoms with Crippen LogP contribution in [0.25, 0.3) is 0 Å². The van der Waals surface area contributed by atoms with Crippen LogP contribution in [0.1, 0.15) is 5.56 Å². The Morgan fingerprint density at radius 3 is 2.71 bits per heavy atom. The van der Waals surface area contributed by atoms with Crippen LogP contribution >= 0.6 is 0 Å². The zero-order chi connectivity index (χ0) is 9.97. The summed E-state index contributed by atoms with van der Waals surface area (Å²) in [5.41, 5.74) is 0.775. The van der Waals surface area contributed by atoms with Crippen LogP contribution < -0.4 is 0 Å². The van der Waals surface area contributed by atoms with Gasteiger partial charge in [-0.3, -0.25) is 10.1 Å². The molecule has 0 saturated carbocycles. The van der Waals surface area contributed by atoms with Crippen LogP contribution in [0.2, 0.25) is 0 Å². The van der Waals surface area contributed by atoms with Crippen molar-refractivity contribution in [1.29, 1.82) is 0 Å². The second kappa shape index (κ2) is 3.45. The second-order valence-electron chi connectivity index (χ2n) is 2.88. The average Bonchev–Trinajstić information content (AvgIpc) is 2.68. The van der Waals surface area contributed by atoms with Gasteiger partial charge in [-0.05, 0) is 12.1 Å².